The first kappa shape index (κ1) is 24.1. The number of methoxy groups -OCH3 is 3. The lowest BCUT2D eigenvalue weighted by Gasteiger charge is -2.13. The highest BCUT2D eigenvalue weighted by molar-refractivity contribution is 7.13. The van der Waals surface area contributed by atoms with Crippen LogP contribution in [-0.4, -0.2) is 32.3 Å². The van der Waals surface area contributed by atoms with Gasteiger partial charge >= 0.3 is 11.6 Å². The Bertz CT molecular complexity index is 1630. The van der Waals surface area contributed by atoms with Crippen LogP contribution in [0, 0.1) is 0 Å². The number of rotatable bonds is 7. The van der Waals surface area contributed by atoms with E-state index in [1.54, 1.807) is 18.2 Å². The second-order valence-corrected chi connectivity index (χ2v) is 8.71. The van der Waals surface area contributed by atoms with E-state index < -0.39 is 11.6 Å². The third-order valence-electron chi connectivity index (χ3n) is 5.62. The third-order valence-corrected chi connectivity index (χ3v) is 6.50. The molecule has 2 aromatic heterocycles. The molecule has 0 N–H and O–H groups in total. The predicted molar refractivity (Wildman–Crippen MR) is 140 cm³/mol. The number of ether oxygens (including phenoxy) is 4. The lowest BCUT2D eigenvalue weighted by Crippen LogP contribution is -2.10. The first-order valence-corrected chi connectivity index (χ1v) is 12.0. The van der Waals surface area contributed by atoms with Crippen molar-refractivity contribution in [3.05, 3.63) is 88.1 Å². The largest absolute Gasteiger partial charge is 0.493 e. The van der Waals surface area contributed by atoms with Crippen LogP contribution < -0.4 is 24.6 Å². The number of esters is 1. The minimum atomic E-state index is -0.645. The van der Waals surface area contributed by atoms with Gasteiger partial charge in [0.2, 0.25) is 5.75 Å². The molecule has 5 rings (SSSR count). The highest BCUT2D eigenvalue weighted by atomic mass is 32.1. The van der Waals surface area contributed by atoms with Gasteiger partial charge in [0.15, 0.2) is 11.5 Å². The molecule has 0 unspecified atom stereocenters. The average Bonchev–Trinajstić information content (AvgIpc) is 3.42. The van der Waals surface area contributed by atoms with Gasteiger partial charge in [0.25, 0.3) is 0 Å². The van der Waals surface area contributed by atoms with Crippen LogP contribution in [0.1, 0.15) is 10.4 Å². The van der Waals surface area contributed by atoms with Crippen molar-refractivity contribution >= 4 is 28.3 Å². The van der Waals surface area contributed by atoms with Gasteiger partial charge in [-0.15, -0.1) is 11.3 Å². The number of hydrogen-bond acceptors (Lipinski definition) is 9. The molecular weight excluding hydrogens is 494 g/mol. The molecule has 186 valence electrons. The summed E-state index contributed by atoms with van der Waals surface area (Å²) < 4.78 is 27.0. The van der Waals surface area contributed by atoms with Gasteiger partial charge in [-0.05, 0) is 30.3 Å². The minimum absolute atomic E-state index is 0.199. The quantitative estimate of drug-likeness (QED) is 0.152. The van der Waals surface area contributed by atoms with Crippen molar-refractivity contribution in [2.75, 3.05) is 21.3 Å². The summed E-state index contributed by atoms with van der Waals surface area (Å²) in [7, 11) is 4.39. The standard InChI is InChI=1S/C28H21NO7S/c1-32-23-12-18(13-24(33-2)25(23)34-3)27(30)35-19-10-9-17-11-20(28(31)36-22(17)14-19)26-29-21(15-37-26)16-7-5-4-6-8-16/h4-15H,1-3H3. The smallest absolute Gasteiger partial charge is 0.346 e. The summed E-state index contributed by atoms with van der Waals surface area (Å²) in [4.78, 5) is 30.2. The van der Waals surface area contributed by atoms with Crippen molar-refractivity contribution < 1.29 is 28.2 Å². The molecule has 0 aliphatic carbocycles. The fourth-order valence-corrected chi connectivity index (χ4v) is 4.64. The van der Waals surface area contributed by atoms with E-state index in [0.717, 1.165) is 11.3 Å². The third kappa shape index (κ3) is 4.76. The van der Waals surface area contributed by atoms with Gasteiger partial charge in [-0.25, -0.2) is 14.6 Å². The van der Waals surface area contributed by atoms with Gasteiger partial charge in [-0.1, -0.05) is 30.3 Å². The topological polar surface area (TPSA) is 97.1 Å². The van der Waals surface area contributed by atoms with E-state index >= 15 is 0 Å². The van der Waals surface area contributed by atoms with E-state index in [9.17, 15) is 9.59 Å². The molecule has 9 heteroatoms. The molecule has 37 heavy (non-hydrogen) atoms. The molecule has 0 aliphatic rings. The second-order valence-electron chi connectivity index (χ2n) is 7.85. The second kappa shape index (κ2) is 10.2. The first-order valence-electron chi connectivity index (χ1n) is 11.1. The predicted octanol–water partition coefficient (Wildman–Crippen LogP) is 5.83. The Hall–Kier alpha value is -4.63. The van der Waals surface area contributed by atoms with Gasteiger partial charge < -0.3 is 23.4 Å². The summed E-state index contributed by atoms with van der Waals surface area (Å²) in [6.45, 7) is 0. The fourth-order valence-electron chi connectivity index (χ4n) is 3.81. The molecular formula is C28H21NO7S. The van der Waals surface area contributed by atoms with Crippen molar-refractivity contribution in [3.63, 3.8) is 0 Å². The Balaban J connectivity index is 1.42. The number of thiazole rings is 1. The Morgan fingerprint density at radius 3 is 2.30 bits per heavy atom. The zero-order valence-electron chi connectivity index (χ0n) is 20.1. The molecule has 5 aromatic rings. The van der Waals surface area contributed by atoms with Gasteiger partial charge in [0.1, 0.15) is 16.3 Å². The lowest BCUT2D eigenvalue weighted by atomic mass is 10.1. The van der Waals surface area contributed by atoms with Crippen molar-refractivity contribution in [1.29, 1.82) is 0 Å². The zero-order valence-corrected chi connectivity index (χ0v) is 21.0. The van der Waals surface area contributed by atoms with E-state index in [2.05, 4.69) is 4.98 Å². The van der Waals surface area contributed by atoms with Crippen molar-refractivity contribution in [3.8, 4) is 44.8 Å². The highest BCUT2D eigenvalue weighted by Crippen LogP contribution is 2.38. The van der Waals surface area contributed by atoms with Crippen LogP contribution in [0.5, 0.6) is 23.0 Å². The highest BCUT2D eigenvalue weighted by Gasteiger charge is 2.19. The molecule has 0 spiro atoms. The molecule has 0 bridgehead atoms. The Labute approximate surface area is 215 Å². The summed E-state index contributed by atoms with van der Waals surface area (Å²) in [5, 5.41) is 3.13. The van der Waals surface area contributed by atoms with Gasteiger partial charge in [0, 0.05) is 22.4 Å². The zero-order chi connectivity index (χ0) is 25.9. The molecule has 0 saturated carbocycles. The van der Waals surface area contributed by atoms with E-state index in [4.69, 9.17) is 23.4 Å². The van der Waals surface area contributed by atoms with Crippen molar-refractivity contribution in [2.45, 2.75) is 0 Å². The van der Waals surface area contributed by atoms with Crippen molar-refractivity contribution in [1.82, 2.24) is 4.98 Å². The number of carbonyl (C=O) groups is 1. The normalized spacial score (nSPS) is 10.8. The summed E-state index contributed by atoms with van der Waals surface area (Å²) in [5.74, 6) is 0.574. The Morgan fingerprint density at radius 2 is 1.62 bits per heavy atom. The van der Waals surface area contributed by atoms with E-state index in [1.807, 2.05) is 35.7 Å². The lowest BCUT2D eigenvalue weighted by molar-refractivity contribution is 0.0734. The molecule has 0 radical (unpaired) electrons. The number of hydrogen-bond donors (Lipinski definition) is 0. The van der Waals surface area contributed by atoms with Crippen LogP contribution in [0.25, 0.3) is 32.8 Å². The SMILES string of the molecule is COc1cc(C(=O)Oc2ccc3cc(-c4nc(-c5ccccc5)cs4)c(=O)oc3c2)cc(OC)c1OC. The summed E-state index contributed by atoms with van der Waals surface area (Å²) >= 11 is 1.37. The molecule has 0 atom stereocenters. The van der Waals surface area contributed by atoms with Crippen LogP contribution >= 0.6 is 11.3 Å². The van der Waals surface area contributed by atoms with Crippen LogP contribution in [0.15, 0.2) is 81.3 Å². The molecule has 0 amide bonds. The van der Waals surface area contributed by atoms with Crippen LogP contribution in [0.2, 0.25) is 0 Å². The maximum Gasteiger partial charge on any atom is 0.346 e. The molecule has 8 nitrogen and oxygen atoms in total. The number of benzene rings is 3. The Kier molecular flexibility index (Phi) is 6.61. The van der Waals surface area contributed by atoms with Crippen LogP contribution in [0.4, 0.5) is 0 Å². The van der Waals surface area contributed by atoms with Gasteiger partial charge in [0.05, 0.1) is 38.2 Å². The van der Waals surface area contributed by atoms with Crippen molar-refractivity contribution in [2.24, 2.45) is 0 Å². The number of nitrogens with zero attached hydrogens (tertiary/aromatic N) is 1. The van der Waals surface area contributed by atoms with E-state index in [0.29, 0.717) is 33.2 Å². The van der Waals surface area contributed by atoms with Gasteiger partial charge in [-0.2, -0.15) is 0 Å². The van der Waals surface area contributed by atoms with Crippen LogP contribution in [-0.2, 0) is 0 Å². The number of aromatic nitrogens is 1. The van der Waals surface area contributed by atoms with Gasteiger partial charge in [-0.3, -0.25) is 0 Å². The number of fused-ring (bicyclic) bond motifs is 1. The van der Waals surface area contributed by atoms with E-state index in [1.165, 1.54) is 50.9 Å². The molecule has 0 fully saturated rings. The maximum absolute atomic E-state index is 12.8. The van der Waals surface area contributed by atoms with Crippen LogP contribution in [0.3, 0.4) is 0 Å². The monoisotopic (exact) mass is 515 g/mol. The fraction of sp³-hybridized carbons (Fsp3) is 0.107. The summed E-state index contributed by atoms with van der Waals surface area (Å²) in [5.41, 5.74) is 2.06. The minimum Gasteiger partial charge on any atom is -0.493 e. The molecule has 0 saturated heterocycles. The number of carbonyl (C=O) groups excluding carboxylic acids is 1. The maximum atomic E-state index is 12.8. The summed E-state index contributed by atoms with van der Waals surface area (Å²) in [6.07, 6.45) is 0. The molecule has 3 aromatic carbocycles. The first-order chi connectivity index (χ1) is 18.0. The van der Waals surface area contributed by atoms with E-state index in [-0.39, 0.29) is 16.9 Å². The average molecular weight is 516 g/mol. The molecule has 2 heterocycles. The summed E-state index contributed by atoms with van der Waals surface area (Å²) in [6, 6.07) is 19.3. The Morgan fingerprint density at radius 1 is 0.892 bits per heavy atom. The molecule has 0 aliphatic heterocycles.